The summed E-state index contributed by atoms with van der Waals surface area (Å²) in [6.07, 6.45) is 5.94. The monoisotopic (exact) mass is 182 g/mol. The van der Waals surface area contributed by atoms with E-state index in [1.807, 2.05) is 6.92 Å². The standard InChI is InChI=1S/C9H14N2S/c1-3-6-12-7-5-11-9(4-2)8-10/h1,9,11H,4-7H2,2H3. The van der Waals surface area contributed by atoms with Gasteiger partial charge in [0, 0.05) is 12.3 Å². The van der Waals surface area contributed by atoms with Crippen LogP contribution in [0.15, 0.2) is 0 Å². The van der Waals surface area contributed by atoms with Gasteiger partial charge in [0.1, 0.15) is 0 Å². The van der Waals surface area contributed by atoms with E-state index < -0.39 is 0 Å². The van der Waals surface area contributed by atoms with Crippen LogP contribution in [0, 0.1) is 23.7 Å². The van der Waals surface area contributed by atoms with Crippen molar-refractivity contribution in [2.75, 3.05) is 18.1 Å². The molecule has 0 aromatic heterocycles. The first-order valence-corrected chi connectivity index (χ1v) is 5.14. The number of thioether (sulfide) groups is 1. The van der Waals surface area contributed by atoms with Gasteiger partial charge < -0.3 is 5.32 Å². The number of nitriles is 1. The van der Waals surface area contributed by atoms with Gasteiger partial charge in [-0.25, -0.2) is 0 Å². The molecular weight excluding hydrogens is 168 g/mol. The van der Waals surface area contributed by atoms with Gasteiger partial charge in [-0.05, 0) is 6.42 Å². The van der Waals surface area contributed by atoms with Crippen molar-refractivity contribution in [1.29, 1.82) is 5.26 Å². The van der Waals surface area contributed by atoms with E-state index in [9.17, 15) is 0 Å². The molecule has 0 aromatic rings. The highest BCUT2D eigenvalue weighted by atomic mass is 32.2. The summed E-state index contributed by atoms with van der Waals surface area (Å²) in [5, 5.41) is 11.7. The van der Waals surface area contributed by atoms with Crippen molar-refractivity contribution in [1.82, 2.24) is 5.32 Å². The summed E-state index contributed by atoms with van der Waals surface area (Å²) in [7, 11) is 0. The molecule has 0 aromatic carbocycles. The summed E-state index contributed by atoms with van der Waals surface area (Å²) in [6.45, 7) is 2.86. The van der Waals surface area contributed by atoms with Crippen LogP contribution in [-0.2, 0) is 0 Å². The van der Waals surface area contributed by atoms with Crippen molar-refractivity contribution < 1.29 is 0 Å². The average molecular weight is 182 g/mol. The summed E-state index contributed by atoms with van der Waals surface area (Å²) >= 11 is 1.71. The molecule has 0 aliphatic heterocycles. The van der Waals surface area contributed by atoms with Gasteiger partial charge in [-0.3, -0.25) is 0 Å². The highest BCUT2D eigenvalue weighted by Gasteiger charge is 2.00. The largest absolute Gasteiger partial charge is 0.301 e. The number of hydrogen-bond donors (Lipinski definition) is 1. The molecule has 3 heteroatoms. The molecule has 0 radical (unpaired) electrons. The predicted molar refractivity (Wildman–Crippen MR) is 53.9 cm³/mol. The van der Waals surface area contributed by atoms with Crippen molar-refractivity contribution in [2.45, 2.75) is 19.4 Å². The zero-order valence-electron chi connectivity index (χ0n) is 7.34. The van der Waals surface area contributed by atoms with Gasteiger partial charge in [-0.15, -0.1) is 18.2 Å². The summed E-state index contributed by atoms with van der Waals surface area (Å²) in [4.78, 5) is 0. The zero-order chi connectivity index (χ0) is 9.23. The molecule has 0 aliphatic rings. The first kappa shape index (κ1) is 11.4. The second-order valence-electron chi connectivity index (χ2n) is 2.30. The van der Waals surface area contributed by atoms with Gasteiger partial charge in [0.15, 0.2) is 0 Å². The van der Waals surface area contributed by atoms with Crippen LogP contribution < -0.4 is 5.32 Å². The van der Waals surface area contributed by atoms with Gasteiger partial charge in [-0.1, -0.05) is 12.8 Å². The molecule has 1 atom stereocenters. The molecule has 0 amide bonds. The molecule has 0 spiro atoms. The molecule has 0 saturated heterocycles. The quantitative estimate of drug-likeness (QED) is 0.496. The minimum atomic E-state index is -0.00330. The van der Waals surface area contributed by atoms with Gasteiger partial charge in [0.25, 0.3) is 0 Å². The highest BCUT2D eigenvalue weighted by Crippen LogP contribution is 1.96. The highest BCUT2D eigenvalue weighted by molar-refractivity contribution is 7.99. The van der Waals surface area contributed by atoms with E-state index in [1.54, 1.807) is 11.8 Å². The van der Waals surface area contributed by atoms with Crippen molar-refractivity contribution in [2.24, 2.45) is 0 Å². The number of hydrogen-bond acceptors (Lipinski definition) is 3. The zero-order valence-corrected chi connectivity index (χ0v) is 8.16. The second-order valence-corrected chi connectivity index (χ2v) is 3.41. The minimum absolute atomic E-state index is 0.00330. The van der Waals surface area contributed by atoms with Crippen LogP contribution >= 0.6 is 11.8 Å². The van der Waals surface area contributed by atoms with Crippen LogP contribution in [0.5, 0.6) is 0 Å². The molecule has 0 bridgehead atoms. The van der Waals surface area contributed by atoms with Crippen molar-refractivity contribution in [3.05, 3.63) is 0 Å². The maximum Gasteiger partial charge on any atom is 0.0950 e. The van der Waals surface area contributed by atoms with E-state index in [2.05, 4.69) is 17.3 Å². The Bertz CT molecular complexity index is 178. The summed E-state index contributed by atoms with van der Waals surface area (Å²) < 4.78 is 0. The van der Waals surface area contributed by atoms with Crippen LogP contribution in [0.1, 0.15) is 13.3 Å². The number of nitrogens with zero attached hydrogens (tertiary/aromatic N) is 1. The van der Waals surface area contributed by atoms with E-state index in [0.717, 1.165) is 24.5 Å². The molecule has 0 fully saturated rings. The number of nitrogens with one attached hydrogen (secondary N) is 1. The normalized spacial score (nSPS) is 11.6. The Labute approximate surface area is 78.7 Å². The molecule has 1 N–H and O–H groups in total. The lowest BCUT2D eigenvalue weighted by Gasteiger charge is -2.07. The van der Waals surface area contributed by atoms with E-state index in [-0.39, 0.29) is 6.04 Å². The van der Waals surface area contributed by atoms with E-state index >= 15 is 0 Å². The van der Waals surface area contributed by atoms with Crippen LogP contribution in [0.3, 0.4) is 0 Å². The van der Waals surface area contributed by atoms with E-state index in [0.29, 0.717) is 0 Å². The summed E-state index contributed by atoms with van der Waals surface area (Å²) in [6, 6.07) is 2.18. The van der Waals surface area contributed by atoms with Crippen molar-refractivity contribution >= 4 is 11.8 Å². The number of rotatable bonds is 6. The third-order valence-corrected chi connectivity index (χ3v) is 2.25. The third-order valence-electron chi connectivity index (χ3n) is 1.39. The Morgan fingerprint density at radius 2 is 2.42 bits per heavy atom. The number of terminal acetylenes is 1. The molecule has 0 rings (SSSR count). The molecule has 0 saturated carbocycles. The maximum absolute atomic E-state index is 8.58. The fourth-order valence-corrected chi connectivity index (χ4v) is 1.24. The average Bonchev–Trinajstić information content (AvgIpc) is 2.11. The Hall–Kier alpha value is -0.640. The van der Waals surface area contributed by atoms with E-state index in [4.69, 9.17) is 11.7 Å². The molecule has 2 nitrogen and oxygen atoms in total. The molecule has 66 valence electrons. The topological polar surface area (TPSA) is 35.8 Å². The maximum atomic E-state index is 8.58. The van der Waals surface area contributed by atoms with Gasteiger partial charge in [0.05, 0.1) is 17.9 Å². The van der Waals surface area contributed by atoms with Crippen LogP contribution in [0.2, 0.25) is 0 Å². The molecule has 0 heterocycles. The lowest BCUT2D eigenvalue weighted by atomic mass is 10.2. The predicted octanol–water partition coefficient (Wildman–Crippen LogP) is 1.24. The molecule has 0 aliphatic carbocycles. The second kappa shape index (κ2) is 8.46. The smallest absolute Gasteiger partial charge is 0.0950 e. The van der Waals surface area contributed by atoms with Crippen molar-refractivity contribution in [3.63, 3.8) is 0 Å². The SMILES string of the molecule is C#CCSCCNC(C#N)CC. The first-order chi connectivity index (χ1) is 5.85. The molecule has 1 unspecified atom stereocenters. The third kappa shape index (κ3) is 6.09. The Kier molecular flexibility index (Phi) is 8.01. The summed E-state index contributed by atoms with van der Waals surface area (Å²) in [5.41, 5.74) is 0. The van der Waals surface area contributed by atoms with Gasteiger partial charge >= 0.3 is 0 Å². The first-order valence-electron chi connectivity index (χ1n) is 3.99. The lowest BCUT2D eigenvalue weighted by molar-refractivity contribution is 0.612. The van der Waals surface area contributed by atoms with Crippen LogP contribution in [-0.4, -0.2) is 24.1 Å². The minimum Gasteiger partial charge on any atom is -0.301 e. The van der Waals surface area contributed by atoms with E-state index in [1.165, 1.54) is 0 Å². The Morgan fingerprint density at radius 1 is 1.67 bits per heavy atom. The molecule has 12 heavy (non-hydrogen) atoms. The van der Waals surface area contributed by atoms with Crippen LogP contribution in [0.25, 0.3) is 0 Å². The fourth-order valence-electron chi connectivity index (χ4n) is 0.718. The van der Waals surface area contributed by atoms with Gasteiger partial charge in [-0.2, -0.15) is 5.26 Å². The van der Waals surface area contributed by atoms with Crippen LogP contribution in [0.4, 0.5) is 0 Å². The van der Waals surface area contributed by atoms with Crippen molar-refractivity contribution in [3.8, 4) is 18.4 Å². The lowest BCUT2D eigenvalue weighted by Crippen LogP contribution is -2.28. The molecular formula is C9H14N2S. The Balaban J connectivity index is 3.20. The fraction of sp³-hybridized carbons (Fsp3) is 0.667. The summed E-state index contributed by atoms with van der Waals surface area (Å²) in [5.74, 6) is 4.28. The van der Waals surface area contributed by atoms with Gasteiger partial charge in [0.2, 0.25) is 0 Å². The Morgan fingerprint density at radius 3 is 2.92 bits per heavy atom.